The van der Waals surface area contributed by atoms with Crippen molar-refractivity contribution in [1.29, 1.82) is 0 Å². The second-order valence-electron chi connectivity index (χ2n) is 7.36. The highest BCUT2D eigenvalue weighted by molar-refractivity contribution is 6.04. The van der Waals surface area contributed by atoms with E-state index in [9.17, 15) is 4.79 Å². The van der Waals surface area contributed by atoms with Gasteiger partial charge in [0.1, 0.15) is 5.82 Å². The standard InChI is InChI=1S/C24H24N6O/c1-15-4-11-20-21(12-15)29-24(25-3)30-22(20)27-13-17-6-9-19(10-7-17)28-23(31)18-8-5-16(2)26-14-18/h4-12,14H,13H2,1-3H3,(H,28,31)(H2,25,27,29,30). The predicted octanol–water partition coefficient (Wildman–Crippen LogP) is 4.55. The zero-order valence-electron chi connectivity index (χ0n) is 17.7. The Kier molecular flexibility index (Phi) is 5.75. The van der Waals surface area contributed by atoms with Crippen LogP contribution in [0, 0.1) is 13.8 Å². The molecule has 0 aliphatic heterocycles. The summed E-state index contributed by atoms with van der Waals surface area (Å²) in [6.07, 6.45) is 1.58. The van der Waals surface area contributed by atoms with Crippen LogP contribution in [0.3, 0.4) is 0 Å². The van der Waals surface area contributed by atoms with E-state index in [2.05, 4.69) is 37.0 Å². The predicted molar refractivity (Wildman–Crippen MR) is 125 cm³/mol. The van der Waals surface area contributed by atoms with Gasteiger partial charge in [-0.2, -0.15) is 4.98 Å². The van der Waals surface area contributed by atoms with E-state index >= 15 is 0 Å². The first-order valence-electron chi connectivity index (χ1n) is 10.0. The summed E-state index contributed by atoms with van der Waals surface area (Å²) in [7, 11) is 1.81. The number of carbonyl (C=O) groups is 1. The van der Waals surface area contributed by atoms with Gasteiger partial charge in [0.2, 0.25) is 5.95 Å². The van der Waals surface area contributed by atoms with Crippen LogP contribution < -0.4 is 16.0 Å². The number of amides is 1. The number of hydrogen-bond donors (Lipinski definition) is 3. The van der Waals surface area contributed by atoms with Crippen molar-refractivity contribution in [3.8, 4) is 0 Å². The highest BCUT2D eigenvalue weighted by Crippen LogP contribution is 2.24. The largest absolute Gasteiger partial charge is 0.365 e. The zero-order chi connectivity index (χ0) is 21.8. The first-order valence-corrected chi connectivity index (χ1v) is 10.0. The fourth-order valence-corrected chi connectivity index (χ4v) is 3.18. The summed E-state index contributed by atoms with van der Waals surface area (Å²) in [6.45, 7) is 4.53. The van der Waals surface area contributed by atoms with Gasteiger partial charge in [-0.05, 0) is 61.4 Å². The molecule has 2 heterocycles. The molecular formula is C24H24N6O. The van der Waals surface area contributed by atoms with Gasteiger partial charge in [0, 0.05) is 36.6 Å². The number of rotatable bonds is 6. The monoisotopic (exact) mass is 412 g/mol. The van der Waals surface area contributed by atoms with Crippen LogP contribution in [0.2, 0.25) is 0 Å². The Balaban J connectivity index is 1.45. The molecule has 7 nitrogen and oxygen atoms in total. The van der Waals surface area contributed by atoms with Crippen molar-refractivity contribution in [2.75, 3.05) is 23.0 Å². The van der Waals surface area contributed by atoms with Gasteiger partial charge in [0.15, 0.2) is 0 Å². The lowest BCUT2D eigenvalue weighted by Gasteiger charge is -2.12. The van der Waals surface area contributed by atoms with E-state index in [0.717, 1.165) is 39.2 Å². The van der Waals surface area contributed by atoms with Crippen molar-refractivity contribution in [1.82, 2.24) is 15.0 Å². The summed E-state index contributed by atoms with van der Waals surface area (Å²) in [5.41, 5.74) is 5.25. The molecule has 3 N–H and O–H groups in total. The highest BCUT2D eigenvalue weighted by Gasteiger charge is 2.09. The van der Waals surface area contributed by atoms with E-state index in [4.69, 9.17) is 0 Å². The van der Waals surface area contributed by atoms with Crippen molar-refractivity contribution in [3.63, 3.8) is 0 Å². The van der Waals surface area contributed by atoms with Gasteiger partial charge in [-0.1, -0.05) is 18.2 Å². The molecule has 0 aliphatic carbocycles. The summed E-state index contributed by atoms with van der Waals surface area (Å²) in [4.78, 5) is 25.6. The number of carbonyl (C=O) groups excluding carboxylic acids is 1. The number of fused-ring (bicyclic) bond motifs is 1. The minimum atomic E-state index is -0.180. The maximum absolute atomic E-state index is 12.3. The molecule has 4 aromatic rings. The Hall–Kier alpha value is -4.00. The second-order valence-corrected chi connectivity index (χ2v) is 7.36. The number of anilines is 3. The van der Waals surface area contributed by atoms with Crippen molar-refractivity contribution in [2.45, 2.75) is 20.4 Å². The molecule has 0 spiro atoms. The number of aryl methyl sites for hydroxylation is 2. The Labute approximate surface area is 181 Å². The van der Waals surface area contributed by atoms with Crippen LogP contribution in [0.5, 0.6) is 0 Å². The normalized spacial score (nSPS) is 10.7. The van der Waals surface area contributed by atoms with Crippen LogP contribution in [0.1, 0.15) is 27.2 Å². The van der Waals surface area contributed by atoms with Gasteiger partial charge in [-0.3, -0.25) is 9.78 Å². The van der Waals surface area contributed by atoms with E-state index in [1.807, 2.05) is 56.3 Å². The summed E-state index contributed by atoms with van der Waals surface area (Å²) < 4.78 is 0. The molecular weight excluding hydrogens is 388 g/mol. The molecule has 0 radical (unpaired) electrons. The fourth-order valence-electron chi connectivity index (χ4n) is 3.18. The average molecular weight is 412 g/mol. The molecule has 31 heavy (non-hydrogen) atoms. The molecule has 0 unspecified atom stereocenters. The number of nitrogens with one attached hydrogen (secondary N) is 3. The molecule has 0 aliphatic rings. The summed E-state index contributed by atoms with van der Waals surface area (Å²) in [5, 5.41) is 10.3. The number of benzene rings is 2. The lowest BCUT2D eigenvalue weighted by Crippen LogP contribution is -2.12. The molecule has 4 rings (SSSR count). The molecule has 0 bridgehead atoms. The van der Waals surface area contributed by atoms with Gasteiger partial charge < -0.3 is 16.0 Å². The molecule has 156 valence electrons. The zero-order valence-corrected chi connectivity index (χ0v) is 17.7. The molecule has 0 fully saturated rings. The lowest BCUT2D eigenvalue weighted by molar-refractivity contribution is 0.102. The highest BCUT2D eigenvalue weighted by atomic mass is 16.1. The van der Waals surface area contributed by atoms with E-state index in [0.29, 0.717) is 18.1 Å². The van der Waals surface area contributed by atoms with Crippen LogP contribution in [0.4, 0.5) is 17.5 Å². The van der Waals surface area contributed by atoms with Crippen molar-refractivity contribution >= 4 is 34.3 Å². The first-order chi connectivity index (χ1) is 15.0. The summed E-state index contributed by atoms with van der Waals surface area (Å²) in [6, 6.07) is 17.4. The molecule has 2 aromatic heterocycles. The third-order valence-electron chi connectivity index (χ3n) is 4.92. The topological polar surface area (TPSA) is 91.8 Å². The Morgan fingerprint density at radius 1 is 0.968 bits per heavy atom. The maximum atomic E-state index is 12.3. The number of hydrogen-bond acceptors (Lipinski definition) is 6. The first kappa shape index (κ1) is 20.3. The van der Waals surface area contributed by atoms with E-state index in [1.165, 1.54) is 0 Å². The van der Waals surface area contributed by atoms with Gasteiger partial charge in [-0.15, -0.1) is 0 Å². The van der Waals surface area contributed by atoms with E-state index in [1.54, 1.807) is 19.3 Å². The smallest absolute Gasteiger partial charge is 0.257 e. The third-order valence-corrected chi connectivity index (χ3v) is 4.92. The average Bonchev–Trinajstić information content (AvgIpc) is 2.78. The van der Waals surface area contributed by atoms with Gasteiger partial charge >= 0.3 is 0 Å². The minimum absolute atomic E-state index is 0.180. The number of nitrogens with zero attached hydrogens (tertiary/aromatic N) is 3. The number of pyridine rings is 1. The third kappa shape index (κ3) is 4.78. The molecule has 0 saturated heterocycles. The second kappa shape index (κ2) is 8.79. The Morgan fingerprint density at radius 2 is 1.77 bits per heavy atom. The summed E-state index contributed by atoms with van der Waals surface area (Å²) >= 11 is 0. The maximum Gasteiger partial charge on any atom is 0.257 e. The van der Waals surface area contributed by atoms with Crippen LogP contribution in [-0.2, 0) is 6.54 Å². The minimum Gasteiger partial charge on any atom is -0.365 e. The lowest BCUT2D eigenvalue weighted by atomic mass is 10.1. The van der Waals surface area contributed by atoms with Gasteiger partial charge in [-0.25, -0.2) is 4.98 Å². The van der Waals surface area contributed by atoms with Crippen molar-refractivity contribution in [3.05, 3.63) is 83.2 Å². The van der Waals surface area contributed by atoms with E-state index in [-0.39, 0.29) is 5.91 Å². The molecule has 1 amide bonds. The molecule has 0 saturated carbocycles. The van der Waals surface area contributed by atoms with E-state index < -0.39 is 0 Å². The SMILES string of the molecule is CNc1nc(NCc2ccc(NC(=O)c3ccc(C)nc3)cc2)c2ccc(C)cc2n1. The van der Waals surface area contributed by atoms with Crippen LogP contribution >= 0.6 is 0 Å². The molecule has 7 heteroatoms. The fraction of sp³-hybridized carbons (Fsp3) is 0.167. The van der Waals surface area contributed by atoms with Gasteiger partial charge in [0.05, 0.1) is 11.1 Å². The molecule has 2 aromatic carbocycles. The van der Waals surface area contributed by atoms with Crippen molar-refractivity contribution in [2.24, 2.45) is 0 Å². The van der Waals surface area contributed by atoms with Crippen LogP contribution in [0.15, 0.2) is 60.8 Å². The van der Waals surface area contributed by atoms with Gasteiger partial charge in [0.25, 0.3) is 5.91 Å². The number of aromatic nitrogens is 3. The summed E-state index contributed by atoms with van der Waals surface area (Å²) in [5.74, 6) is 1.17. The van der Waals surface area contributed by atoms with Crippen molar-refractivity contribution < 1.29 is 4.79 Å². The Bertz CT molecular complexity index is 1220. The van der Waals surface area contributed by atoms with Crippen LogP contribution in [0.25, 0.3) is 10.9 Å². The Morgan fingerprint density at radius 3 is 2.48 bits per heavy atom. The van der Waals surface area contributed by atoms with Crippen LogP contribution in [-0.4, -0.2) is 27.9 Å². The quantitative estimate of drug-likeness (QED) is 0.430. The molecule has 0 atom stereocenters.